The molecule has 1 rings (SSSR count). The van der Waals surface area contributed by atoms with Gasteiger partial charge in [0.05, 0.1) is 6.10 Å². The molecule has 0 aliphatic carbocycles. The second-order valence-corrected chi connectivity index (χ2v) is 5.47. The van der Waals surface area contributed by atoms with Gasteiger partial charge in [-0.15, -0.1) is 0 Å². The lowest BCUT2D eigenvalue weighted by molar-refractivity contribution is 0.138. The summed E-state index contributed by atoms with van der Waals surface area (Å²) in [5.41, 5.74) is 3.58. The number of benzene rings is 1. The Bertz CT molecular complexity index is 336. The number of aliphatic hydroxyl groups is 1. The van der Waals surface area contributed by atoms with Gasteiger partial charge < -0.3 is 5.11 Å². The summed E-state index contributed by atoms with van der Waals surface area (Å²) < 4.78 is 0. The minimum absolute atomic E-state index is 0.298. The van der Waals surface area contributed by atoms with Gasteiger partial charge in [0.15, 0.2) is 0 Å². The van der Waals surface area contributed by atoms with E-state index in [0.717, 1.165) is 12.0 Å². The van der Waals surface area contributed by atoms with Gasteiger partial charge in [0, 0.05) is 0 Å². The van der Waals surface area contributed by atoms with E-state index >= 15 is 0 Å². The third kappa shape index (κ3) is 4.13. The second kappa shape index (κ2) is 7.58. The highest BCUT2D eigenvalue weighted by molar-refractivity contribution is 5.35. The summed E-state index contributed by atoms with van der Waals surface area (Å²) in [6, 6.07) is 6.26. The Hall–Kier alpha value is -0.820. The smallest absolute Gasteiger partial charge is 0.0797 e. The summed E-state index contributed by atoms with van der Waals surface area (Å²) in [6.45, 7) is 8.66. The van der Waals surface area contributed by atoms with Crippen molar-refractivity contribution < 1.29 is 5.11 Å². The van der Waals surface area contributed by atoms with Gasteiger partial charge in [-0.05, 0) is 42.9 Å². The predicted molar refractivity (Wildman–Crippen MR) is 78.8 cm³/mol. The first-order chi connectivity index (χ1) is 8.60. The first-order valence-electron chi connectivity index (χ1n) is 7.34. The lowest BCUT2D eigenvalue weighted by Crippen LogP contribution is -2.09. The quantitative estimate of drug-likeness (QED) is 0.724. The van der Waals surface area contributed by atoms with Gasteiger partial charge in [-0.3, -0.25) is 0 Å². The van der Waals surface area contributed by atoms with E-state index in [0.29, 0.717) is 5.92 Å². The molecular weight excluding hydrogens is 220 g/mol. The van der Waals surface area contributed by atoms with E-state index in [9.17, 15) is 5.11 Å². The van der Waals surface area contributed by atoms with Crippen molar-refractivity contribution in [1.29, 1.82) is 0 Å². The van der Waals surface area contributed by atoms with Gasteiger partial charge in [-0.2, -0.15) is 0 Å². The van der Waals surface area contributed by atoms with Crippen molar-refractivity contribution in [3.05, 3.63) is 34.9 Å². The number of aliphatic hydroxyl groups excluding tert-OH is 1. The fourth-order valence-corrected chi connectivity index (χ4v) is 2.77. The summed E-state index contributed by atoms with van der Waals surface area (Å²) in [7, 11) is 0. The van der Waals surface area contributed by atoms with E-state index in [4.69, 9.17) is 0 Å². The van der Waals surface area contributed by atoms with Gasteiger partial charge in [-0.25, -0.2) is 0 Å². The molecule has 1 heteroatoms. The van der Waals surface area contributed by atoms with Crippen LogP contribution < -0.4 is 0 Å². The molecule has 0 radical (unpaired) electrons. The normalized spacial score (nSPS) is 14.5. The van der Waals surface area contributed by atoms with E-state index in [1.54, 1.807) is 0 Å². The fourth-order valence-electron chi connectivity index (χ4n) is 2.77. The number of hydrogen-bond donors (Lipinski definition) is 1. The van der Waals surface area contributed by atoms with Crippen LogP contribution in [0.15, 0.2) is 18.2 Å². The molecule has 0 aliphatic rings. The van der Waals surface area contributed by atoms with E-state index in [1.165, 1.54) is 36.8 Å². The van der Waals surface area contributed by atoms with E-state index < -0.39 is 0 Å². The second-order valence-electron chi connectivity index (χ2n) is 5.47. The van der Waals surface area contributed by atoms with Crippen LogP contribution in [0.25, 0.3) is 0 Å². The summed E-state index contributed by atoms with van der Waals surface area (Å²) in [6.07, 6.45) is 5.54. The molecule has 1 nitrogen and oxygen atoms in total. The van der Waals surface area contributed by atoms with Crippen LogP contribution >= 0.6 is 0 Å². The molecule has 0 aromatic heterocycles. The number of rotatable bonds is 7. The molecule has 102 valence electrons. The van der Waals surface area contributed by atoms with Gasteiger partial charge in [-0.1, -0.05) is 57.7 Å². The zero-order chi connectivity index (χ0) is 13.5. The molecule has 0 amide bonds. The number of aryl methyl sites for hydroxylation is 2. The predicted octanol–water partition coefficient (Wildman–Crippen LogP) is 4.94. The van der Waals surface area contributed by atoms with Crippen molar-refractivity contribution in [2.45, 2.75) is 65.9 Å². The third-order valence-corrected chi connectivity index (χ3v) is 3.98. The van der Waals surface area contributed by atoms with E-state index in [-0.39, 0.29) is 6.10 Å². The Balaban J connectivity index is 2.71. The molecule has 0 fully saturated rings. The number of hydrogen-bond acceptors (Lipinski definition) is 1. The Morgan fingerprint density at radius 1 is 1.11 bits per heavy atom. The zero-order valence-electron chi connectivity index (χ0n) is 12.4. The largest absolute Gasteiger partial charge is 0.388 e. The fraction of sp³-hybridized carbons (Fsp3) is 0.647. The van der Waals surface area contributed by atoms with Crippen molar-refractivity contribution in [3.8, 4) is 0 Å². The summed E-state index contributed by atoms with van der Waals surface area (Å²) in [5, 5.41) is 10.5. The molecule has 0 aliphatic heterocycles. The molecule has 1 N–H and O–H groups in total. The molecule has 18 heavy (non-hydrogen) atoms. The highest BCUT2D eigenvalue weighted by Gasteiger charge is 2.17. The Kier molecular flexibility index (Phi) is 6.42. The molecule has 0 saturated heterocycles. The highest BCUT2D eigenvalue weighted by Crippen LogP contribution is 2.30. The van der Waals surface area contributed by atoms with Crippen LogP contribution in [-0.4, -0.2) is 5.11 Å². The van der Waals surface area contributed by atoms with Gasteiger partial charge in [0.2, 0.25) is 0 Å². The van der Waals surface area contributed by atoms with E-state index in [1.807, 2.05) is 0 Å². The summed E-state index contributed by atoms with van der Waals surface area (Å²) >= 11 is 0. The van der Waals surface area contributed by atoms with Crippen LogP contribution in [0.5, 0.6) is 0 Å². The Morgan fingerprint density at radius 3 is 2.22 bits per heavy atom. The maximum absolute atomic E-state index is 10.5. The van der Waals surface area contributed by atoms with E-state index in [2.05, 4.69) is 45.9 Å². The zero-order valence-corrected chi connectivity index (χ0v) is 12.4. The Labute approximate surface area is 112 Å². The van der Waals surface area contributed by atoms with Crippen molar-refractivity contribution >= 4 is 0 Å². The van der Waals surface area contributed by atoms with Crippen LogP contribution in [0.3, 0.4) is 0 Å². The molecule has 1 aromatic carbocycles. The van der Waals surface area contributed by atoms with Crippen LogP contribution in [0.2, 0.25) is 0 Å². The first kappa shape index (κ1) is 15.2. The molecule has 0 bridgehead atoms. The lowest BCUT2D eigenvalue weighted by atomic mass is 9.88. The highest BCUT2D eigenvalue weighted by atomic mass is 16.3. The van der Waals surface area contributed by atoms with Crippen LogP contribution in [-0.2, 0) is 0 Å². The average Bonchev–Trinajstić information content (AvgIpc) is 2.34. The standard InChI is InChI=1S/C17H28O/c1-5-7-11-15(6-2)12-16(18)17-13(3)9-8-10-14(17)4/h8-10,15-16,18H,5-7,11-12H2,1-4H3. The van der Waals surface area contributed by atoms with Crippen LogP contribution in [0, 0.1) is 19.8 Å². The van der Waals surface area contributed by atoms with Crippen molar-refractivity contribution in [2.75, 3.05) is 0 Å². The molecule has 0 spiro atoms. The summed E-state index contributed by atoms with van der Waals surface area (Å²) in [4.78, 5) is 0. The van der Waals surface area contributed by atoms with Crippen molar-refractivity contribution in [2.24, 2.45) is 5.92 Å². The van der Waals surface area contributed by atoms with Gasteiger partial charge in [0.25, 0.3) is 0 Å². The lowest BCUT2D eigenvalue weighted by Gasteiger charge is -2.22. The third-order valence-electron chi connectivity index (χ3n) is 3.98. The average molecular weight is 248 g/mol. The maximum atomic E-state index is 10.5. The van der Waals surface area contributed by atoms with Crippen LogP contribution in [0.1, 0.15) is 68.7 Å². The van der Waals surface area contributed by atoms with Crippen LogP contribution in [0.4, 0.5) is 0 Å². The topological polar surface area (TPSA) is 20.2 Å². The van der Waals surface area contributed by atoms with Crippen molar-refractivity contribution in [3.63, 3.8) is 0 Å². The minimum atomic E-state index is -0.298. The van der Waals surface area contributed by atoms with Gasteiger partial charge in [0.1, 0.15) is 0 Å². The minimum Gasteiger partial charge on any atom is -0.388 e. The summed E-state index contributed by atoms with van der Waals surface area (Å²) in [5.74, 6) is 0.652. The molecule has 2 unspecified atom stereocenters. The molecule has 1 aromatic rings. The Morgan fingerprint density at radius 2 is 1.72 bits per heavy atom. The first-order valence-corrected chi connectivity index (χ1v) is 7.34. The molecule has 0 saturated carbocycles. The SMILES string of the molecule is CCCCC(CC)CC(O)c1c(C)cccc1C. The molecule has 2 atom stereocenters. The number of unbranched alkanes of at least 4 members (excludes halogenated alkanes) is 1. The maximum Gasteiger partial charge on any atom is 0.0797 e. The molecular formula is C17H28O. The molecule has 0 heterocycles. The monoisotopic (exact) mass is 248 g/mol. The van der Waals surface area contributed by atoms with Gasteiger partial charge >= 0.3 is 0 Å². The van der Waals surface area contributed by atoms with Crippen molar-refractivity contribution in [1.82, 2.24) is 0 Å².